The fourth-order valence-corrected chi connectivity index (χ4v) is 2.89. The molecule has 0 saturated carbocycles. The number of nitrogens with zero attached hydrogens (tertiary/aromatic N) is 2. The molecule has 0 fully saturated rings. The van der Waals surface area contributed by atoms with E-state index in [0.717, 1.165) is 21.3 Å². The van der Waals surface area contributed by atoms with Gasteiger partial charge in [-0.1, -0.05) is 12.1 Å². The summed E-state index contributed by atoms with van der Waals surface area (Å²) in [5, 5.41) is 2.14. The lowest BCUT2D eigenvalue weighted by Crippen LogP contribution is -2.41. The molecule has 162 valence electrons. The summed E-state index contributed by atoms with van der Waals surface area (Å²) in [5.41, 5.74) is -2.93. The van der Waals surface area contributed by atoms with Crippen LogP contribution in [0.2, 0.25) is 0 Å². The Labute approximate surface area is 174 Å². The maximum absolute atomic E-state index is 13.1. The van der Waals surface area contributed by atoms with Gasteiger partial charge in [0.05, 0.1) is 17.9 Å². The zero-order valence-corrected chi connectivity index (χ0v) is 16.3. The van der Waals surface area contributed by atoms with Crippen molar-refractivity contribution in [1.29, 1.82) is 0 Å². The lowest BCUT2D eigenvalue weighted by Gasteiger charge is -2.14. The van der Waals surface area contributed by atoms with Gasteiger partial charge >= 0.3 is 17.3 Å². The first kappa shape index (κ1) is 21.9. The predicted octanol–water partition coefficient (Wildman–Crippen LogP) is 3.06. The van der Waals surface area contributed by atoms with Gasteiger partial charge in [-0.05, 0) is 43.3 Å². The van der Waals surface area contributed by atoms with E-state index < -0.39 is 41.0 Å². The third-order valence-corrected chi connectivity index (χ3v) is 4.30. The molecule has 0 atom stereocenters. The maximum Gasteiger partial charge on any atom is 0.418 e. The minimum atomic E-state index is -4.65. The minimum absolute atomic E-state index is 0.418. The summed E-state index contributed by atoms with van der Waals surface area (Å²) in [4.78, 5) is 37.1. The largest absolute Gasteiger partial charge is 0.494 e. The molecule has 10 heteroatoms. The van der Waals surface area contributed by atoms with E-state index in [1.807, 2.05) is 6.92 Å². The first-order valence-electron chi connectivity index (χ1n) is 9.22. The van der Waals surface area contributed by atoms with Crippen molar-refractivity contribution in [2.75, 3.05) is 11.9 Å². The number of hydrogen-bond acceptors (Lipinski definition) is 4. The Kier molecular flexibility index (Phi) is 6.28. The lowest BCUT2D eigenvalue weighted by atomic mass is 10.1. The highest BCUT2D eigenvalue weighted by molar-refractivity contribution is 5.91. The fourth-order valence-electron chi connectivity index (χ4n) is 2.89. The monoisotopic (exact) mass is 433 g/mol. The highest BCUT2D eigenvalue weighted by atomic mass is 19.4. The normalized spacial score (nSPS) is 11.2. The van der Waals surface area contributed by atoms with Gasteiger partial charge < -0.3 is 10.1 Å². The van der Waals surface area contributed by atoms with Crippen LogP contribution in [-0.2, 0) is 17.5 Å². The second-order valence-corrected chi connectivity index (χ2v) is 6.42. The molecule has 31 heavy (non-hydrogen) atoms. The van der Waals surface area contributed by atoms with Crippen LogP contribution in [0.15, 0.2) is 70.5 Å². The SMILES string of the molecule is CCOc1ccc(-n2ccn(CC(=O)Nc3ccccc3C(F)(F)F)c(=O)c2=O)cc1. The van der Waals surface area contributed by atoms with Crippen molar-refractivity contribution in [3.63, 3.8) is 0 Å². The molecule has 1 amide bonds. The molecule has 0 radical (unpaired) electrons. The average molecular weight is 433 g/mol. The summed E-state index contributed by atoms with van der Waals surface area (Å²) in [6.07, 6.45) is -2.13. The Morgan fingerprint density at radius 2 is 1.68 bits per heavy atom. The molecule has 0 spiro atoms. The number of para-hydroxylation sites is 1. The molecular formula is C21H18F3N3O4. The smallest absolute Gasteiger partial charge is 0.418 e. The van der Waals surface area contributed by atoms with Gasteiger partial charge in [0.25, 0.3) is 0 Å². The van der Waals surface area contributed by atoms with Gasteiger partial charge in [0, 0.05) is 18.1 Å². The second-order valence-electron chi connectivity index (χ2n) is 6.42. The molecule has 2 aromatic carbocycles. The van der Waals surface area contributed by atoms with Gasteiger partial charge in [-0.15, -0.1) is 0 Å². The van der Waals surface area contributed by atoms with Crippen molar-refractivity contribution in [2.24, 2.45) is 0 Å². The van der Waals surface area contributed by atoms with Crippen LogP contribution in [0.1, 0.15) is 12.5 Å². The molecule has 1 N–H and O–H groups in total. The van der Waals surface area contributed by atoms with Crippen molar-refractivity contribution in [2.45, 2.75) is 19.6 Å². The molecule has 0 aliphatic carbocycles. The van der Waals surface area contributed by atoms with E-state index >= 15 is 0 Å². The van der Waals surface area contributed by atoms with Gasteiger partial charge in [-0.2, -0.15) is 13.2 Å². The van der Waals surface area contributed by atoms with Crippen LogP contribution in [0, 0.1) is 0 Å². The van der Waals surface area contributed by atoms with Crippen LogP contribution in [0.3, 0.4) is 0 Å². The number of ether oxygens (including phenoxy) is 1. The number of rotatable bonds is 6. The number of halogens is 3. The Morgan fingerprint density at radius 1 is 1.00 bits per heavy atom. The summed E-state index contributed by atoms with van der Waals surface area (Å²) >= 11 is 0. The number of amides is 1. The number of carbonyl (C=O) groups is 1. The number of alkyl halides is 3. The van der Waals surface area contributed by atoms with Crippen molar-refractivity contribution in [3.8, 4) is 11.4 Å². The van der Waals surface area contributed by atoms with Crippen molar-refractivity contribution < 1.29 is 22.7 Å². The molecule has 0 aliphatic heterocycles. The highest BCUT2D eigenvalue weighted by Crippen LogP contribution is 2.34. The minimum Gasteiger partial charge on any atom is -0.494 e. The molecule has 3 rings (SSSR count). The number of nitrogens with one attached hydrogen (secondary N) is 1. The Balaban J connectivity index is 1.81. The van der Waals surface area contributed by atoms with Crippen LogP contribution >= 0.6 is 0 Å². The standard InChI is InChI=1S/C21H18F3N3O4/c1-2-31-15-9-7-14(8-10-15)27-12-11-26(19(29)20(27)30)13-18(28)25-17-6-4-3-5-16(17)21(22,23)24/h3-12H,2,13H2,1H3,(H,25,28). The average Bonchev–Trinajstić information content (AvgIpc) is 2.72. The first-order chi connectivity index (χ1) is 14.7. The zero-order valence-electron chi connectivity index (χ0n) is 16.3. The quantitative estimate of drug-likeness (QED) is 0.606. The van der Waals surface area contributed by atoms with Crippen LogP contribution in [0.25, 0.3) is 5.69 Å². The Bertz CT molecular complexity index is 1200. The summed E-state index contributed by atoms with van der Waals surface area (Å²) in [6, 6.07) is 10.9. The summed E-state index contributed by atoms with van der Waals surface area (Å²) in [5.74, 6) is -0.277. The topological polar surface area (TPSA) is 82.3 Å². The molecule has 0 saturated heterocycles. The van der Waals surface area contributed by atoms with Crippen molar-refractivity contribution >= 4 is 11.6 Å². The van der Waals surface area contributed by atoms with E-state index in [2.05, 4.69) is 5.32 Å². The van der Waals surface area contributed by atoms with Gasteiger partial charge in [0.1, 0.15) is 12.3 Å². The number of hydrogen-bond donors (Lipinski definition) is 1. The Morgan fingerprint density at radius 3 is 2.32 bits per heavy atom. The van der Waals surface area contributed by atoms with E-state index in [1.54, 1.807) is 24.3 Å². The summed E-state index contributed by atoms with van der Waals surface area (Å²) < 4.78 is 46.4. The molecular weight excluding hydrogens is 415 g/mol. The highest BCUT2D eigenvalue weighted by Gasteiger charge is 2.33. The molecule has 3 aromatic rings. The van der Waals surface area contributed by atoms with Gasteiger partial charge in [-0.3, -0.25) is 23.5 Å². The van der Waals surface area contributed by atoms with Gasteiger partial charge in [0.2, 0.25) is 5.91 Å². The van der Waals surface area contributed by atoms with Gasteiger partial charge in [0.15, 0.2) is 0 Å². The number of benzene rings is 2. The number of carbonyl (C=O) groups excluding carboxylic acids is 1. The summed E-state index contributed by atoms with van der Waals surface area (Å²) in [6.45, 7) is 1.69. The van der Waals surface area contributed by atoms with Crippen LogP contribution in [0.5, 0.6) is 5.75 Å². The van der Waals surface area contributed by atoms with E-state index in [9.17, 15) is 27.6 Å². The predicted molar refractivity (Wildman–Crippen MR) is 108 cm³/mol. The van der Waals surface area contributed by atoms with Crippen LogP contribution in [-0.4, -0.2) is 21.6 Å². The van der Waals surface area contributed by atoms with Gasteiger partial charge in [-0.25, -0.2) is 0 Å². The van der Waals surface area contributed by atoms with Crippen LogP contribution < -0.4 is 21.2 Å². The van der Waals surface area contributed by atoms with E-state index in [1.165, 1.54) is 24.5 Å². The fraction of sp³-hybridized carbons (Fsp3) is 0.190. The zero-order chi connectivity index (χ0) is 22.6. The lowest BCUT2D eigenvalue weighted by molar-refractivity contribution is -0.137. The number of aromatic nitrogens is 2. The molecule has 0 aliphatic rings. The van der Waals surface area contributed by atoms with Crippen molar-refractivity contribution in [1.82, 2.24) is 9.13 Å². The number of anilines is 1. The third-order valence-electron chi connectivity index (χ3n) is 4.30. The molecule has 1 heterocycles. The van der Waals surface area contributed by atoms with Crippen molar-refractivity contribution in [3.05, 3.63) is 87.2 Å². The Hall–Kier alpha value is -3.82. The van der Waals surface area contributed by atoms with E-state index in [4.69, 9.17) is 4.74 Å². The molecule has 1 aromatic heterocycles. The second kappa shape index (κ2) is 8.90. The first-order valence-corrected chi connectivity index (χ1v) is 9.22. The molecule has 0 bridgehead atoms. The van der Waals surface area contributed by atoms with E-state index in [0.29, 0.717) is 18.0 Å². The third kappa shape index (κ3) is 5.03. The van der Waals surface area contributed by atoms with Crippen LogP contribution in [0.4, 0.5) is 18.9 Å². The molecule has 0 unspecified atom stereocenters. The van der Waals surface area contributed by atoms with E-state index in [-0.39, 0.29) is 0 Å². The molecule has 7 nitrogen and oxygen atoms in total. The maximum atomic E-state index is 13.1. The summed E-state index contributed by atoms with van der Waals surface area (Å²) in [7, 11) is 0.